The number of carbonyl (C=O) groups is 1. The van der Waals surface area contributed by atoms with Crippen LogP contribution < -0.4 is 0 Å². The molecule has 0 N–H and O–H groups in total. The number of rotatable bonds is 5. The van der Waals surface area contributed by atoms with Crippen molar-refractivity contribution in [1.82, 2.24) is 4.90 Å². The maximum atomic E-state index is 11.2. The molecule has 76 valence electrons. The van der Waals surface area contributed by atoms with Gasteiger partial charge in [-0.3, -0.25) is 4.79 Å². The molecule has 1 fully saturated rings. The fourth-order valence-corrected chi connectivity index (χ4v) is 1.80. The van der Waals surface area contributed by atoms with Gasteiger partial charge in [-0.1, -0.05) is 26.7 Å². The first kappa shape index (κ1) is 10.6. The number of carbonyl (C=O) groups excluding carboxylic acids is 1. The highest BCUT2D eigenvalue weighted by Gasteiger charge is 2.18. The largest absolute Gasteiger partial charge is 0.343 e. The molecule has 0 atom stereocenters. The molecule has 1 saturated heterocycles. The summed E-state index contributed by atoms with van der Waals surface area (Å²) in [5.41, 5.74) is 0. The fraction of sp³-hybridized carbons (Fsp3) is 0.909. The molecule has 1 aliphatic heterocycles. The maximum absolute atomic E-state index is 11.2. The third-order valence-corrected chi connectivity index (χ3v) is 2.63. The van der Waals surface area contributed by atoms with Gasteiger partial charge in [0.05, 0.1) is 0 Å². The van der Waals surface area contributed by atoms with E-state index in [0.29, 0.717) is 5.91 Å². The predicted molar refractivity (Wildman–Crippen MR) is 54.5 cm³/mol. The van der Waals surface area contributed by atoms with E-state index >= 15 is 0 Å². The molecule has 1 heterocycles. The Hall–Kier alpha value is -0.530. The van der Waals surface area contributed by atoms with Gasteiger partial charge in [0, 0.05) is 19.5 Å². The van der Waals surface area contributed by atoms with Gasteiger partial charge in [-0.15, -0.1) is 0 Å². The van der Waals surface area contributed by atoms with Gasteiger partial charge >= 0.3 is 0 Å². The molecule has 0 saturated carbocycles. The Labute approximate surface area is 81.3 Å². The van der Waals surface area contributed by atoms with Crippen LogP contribution >= 0.6 is 0 Å². The van der Waals surface area contributed by atoms with Crippen LogP contribution in [-0.4, -0.2) is 23.9 Å². The van der Waals surface area contributed by atoms with Crippen LogP contribution in [0.4, 0.5) is 0 Å². The summed E-state index contributed by atoms with van der Waals surface area (Å²) < 4.78 is 0. The summed E-state index contributed by atoms with van der Waals surface area (Å²) in [6, 6.07) is 0. The second-order valence-electron chi connectivity index (χ2n) is 4.37. The first-order valence-electron chi connectivity index (χ1n) is 5.48. The summed E-state index contributed by atoms with van der Waals surface area (Å²) >= 11 is 0. The summed E-state index contributed by atoms with van der Waals surface area (Å²) in [5, 5.41) is 0. The molecule has 2 heteroatoms. The van der Waals surface area contributed by atoms with Crippen LogP contribution in [0.25, 0.3) is 0 Å². The van der Waals surface area contributed by atoms with Gasteiger partial charge in [-0.25, -0.2) is 0 Å². The number of unbranched alkanes of at least 4 members (excludes halogenated alkanes) is 1. The highest BCUT2D eigenvalue weighted by atomic mass is 16.2. The first-order valence-corrected chi connectivity index (χ1v) is 5.48. The van der Waals surface area contributed by atoms with Crippen LogP contribution in [0.15, 0.2) is 0 Å². The summed E-state index contributed by atoms with van der Waals surface area (Å²) in [7, 11) is 0. The van der Waals surface area contributed by atoms with Crippen molar-refractivity contribution in [2.24, 2.45) is 5.92 Å². The van der Waals surface area contributed by atoms with E-state index in [-0.39, 0.29) is 0 Å². The van der Waals surface area contributed by atoms with Crippen molar-refractivity contribution < 1.29 is 4.79 Å². The minimum absolute atomic E-state index is 0.365. The van der Waals surface area contributed by atoms with E-state index in [2.05, 4.69) is 13.8 Å². The van der Waals surface area contributed by atoms with E-state index in [1.54, 1.807) is 0 Å². The summed E-state index contributed by atoms with van der Waals surface area (Å²) in [5.74, 6) is 1.17. The SMILES string of the molecule is CC(C)CCCCN1CCCC1=O. The van der Waals surface area contributed by atoms with E-state index in [0.717, 1.165) is 31.8 Å². The van der Waals surface area contributed by atoms with E-state index in [1.807, 2.05) is 4.90 Å². The first-order chi connectivity index (χ1) is 6.20. The zero-order chi connectivity index (χ0) is 9.68. The molecule has 0 aliphatic carbocycles. The van der Waals surface area contributed by atoms with Crippen molar-refractivity contribution >= 4 is 5.91 Å². The van der Waals surface area contributed by atoms with Gasteiger partial charge in [-0.2, -0.15) is 0 Å². The van der Waals surface area contributed by atoms with Gasteiger partial charge in [0.2, 0.25) is 5.91 Å². The van der Waals surface area contributed by atoms with Gasteiger partial charge in [0.25, 0.3) is 0 Å². The van der Waals surface area contributed by atoms with Crippen LogP contribution in [0.3, 0.4) is 0 Å². The van der Waals surface area contributed by atoms with Crippen LogP contribution in [0.1, 0.15) is 46.0 Å². The summed E-state index contributed by atoms with van der Waals surface area (Å²) in [6.07, 6.45) is 5.60. The lowest BCUT2D eigenvalue weighted by Crippen LogP contribution is -2.25. The normalized spacial score (nSPS) is 17.5. The lowest BCUT2D eigenvalue weighted by Gasteiger charge is -2.15. The van der Waals surface area contributed by atoms with Gasteiger partial charge < -0.3 is 4.90 Å². The lowest BCUT2D eigenvalue weighted by atomic mass is 10.1. The number of hydrogen-bond donors (Lipinski definition) is 0. The van der Waals surface area contributed by atoms with Crippen LogP contribution in [0, 0.1) is 5.92 Å². The Bertz CT molecular complexity index is 165. The molecule has 1 amide bonds. The van der Waals surface area contributed by atoms with Crippen molar-refractivity contribution in [2.45, 2.75) is 46.0 Å². The Morgan fingerprint density at radius 3 is 2.69 bits per heavy atom. The zero-order valence-electron chi connectivity index (χ0n) is 8.88. The van der Waals surface area contributed by atoms with Crippen molar-refractivity contribution in [3.63, 3.8) is 0 Å². The average molecular weight is 183 g/mol. The quantitative estimate of drug-likeness (QED) is 0.599. The van der Waals surface area contributed by atoms with Crippen LogP contribution in [0.2, 0.25) is 0 Å². The molecule has 0 aromatic heterocycles. The third kappa shape index (κ3) is 3.79. The van der Waals surface area contributed by atoms with Crippen molar-refractivity contribution in [3.05, 3.63) is 0 Å². The smallest absolute Gasteiger partial charge is 0.222 e. The molecule has 0 bridgehead atoms. The van der Waals surface area contributed by atoms with Crippen LogP contribution in [0.5, 0.6) is 0 Å². The standard InChI is InChI=1S/C11H21NO/c1-10(2)6-3-4-8-12-9-5-7-11(12)13/h10H,3-9H2,1-2H3. The average Bonchev–Trinajstić information content (AvgIpc) is 2.45. The highest BCUT2D eigenvalue weighted by molar-refractivity contribution is 5.77. The monoisotopic (exact) mass is 183 g/mol. The molecule has 1 rings (SSSR count). The Balaban J connectivity index is 2.02. The maximum Gasteiger partial charge on any atom is 0.222 e. The Kier molecular flexibility index (Phi) is 4.26. The number of nitrogens with zero attached hydrogens (tertiary/aromatic N) is 1. The molecule has 0 aromatic carbocycles. The molecule has 0 unspecified atom stereocenters. The topological polar surface area (TPSA) is 20.3 Å². The molecule has 1 aliphatic rings. The molecule has 0 radical (unpaired) electrons. The van der Waals surface area contributed by atoms with E-state index in [1.165, 1.54) is 19.3 Å². The highest BCUT2D eigenvalue weighted by Crippen LogP contribution is 2.12. The van der Waals surface area contributed by atoms with Crippen molar-refractivity contribution in [3.8, 4) is 0 Å². The number of likely N-dealkylation sites (tertiary alicyclic amines) is 1. The number of amides is 1. The van der Waals surface area contributed by atoms with Crippen molar-refractivity contribution in [2.75, 3.05) is 13.1 Å². The molecule has 13 heavy (non-hydrogen) atoms. The van der Waals surface area contributed by atoms with Gasteiger partial charge in [0.1, 0.15) is 0 Å². The minimum atomic E-state index is 0.365. The Morgan fingerprint density at radius 2 is 2.15 bits per heavy atom. The molecule has 0 aromatic rings. The molecular formula is C11H21NO. The van der Waals surface area contributed by atoms with Crippen molar-refractivity contribution in [1.29, 1.82) is 0 Å². The lowest BCUT2D eigenvalue weighted by molar-refractivity contribution is -0.127. The summed E-state index contributed by atoms with van der Waals surface area (Å²) in [4.78, 5) is 13.2. The molecular weight excluding hydrogens is 162 g/mol. The van der Waals surface area contributed by atoms with Gasteiger partial charge in [-0.05, 0) is 18.8 Å². The Morgan fingerprint density at radius 1 is 1.38 bits per heavy atom. The molecule has 0 spiro atoms. The molecule has 2 nitrogen and oxygen atoms in total. The summed E-state index contributed by atoms with van der Waals surface area (Å²) in [6.45, 7) is 6.49. The third-order valence-electron chi connectivity index (χ3n) is 2.63. The second-order valence-corrected chi connectivity index (χ2v) is 4.37. The van der Waals surface area contributed by atoms with E-state index in [4.69, 9.17) is 0 Å². The second kappa shape index (κ2) is 5.25. The van der Waals surface area contributed by atoms with Gasteiger partial charge in [0.15, 0.2) is 0 Å². The predicted octanol–water partition coefficient (Wildman–Crippen LogP) is 2.44. The van der Waals surface area contributed by atoms with E-state index in [9.17, 15) is 4.79 Å². The van der Waals surface area contributed by atoms with Crippen LogP contribution in [-0.2, 0) is 4.79 Å². The fourth-order valence-electron chi connectivity index (χ4n) is 1.80. The minimum Gasteiger partial charge on any atom is -0.343 e. The van der Waals surface area contributed by atoms with E-state index < -0.39 is 0 Å². The zero-order valence-corrected chi connectivity index (χ0v) is 8.88. The number of hydrogen-bond acceptors (Lipinski definition) is 1.